The summed E-state index contributed by atoms with van der Waals surface area (Å²) in [6.07, 6.45) is 0. The van der Waals surface area contributed by atoms with E-state index in [2.05, 4.69) is 10.1 Å². The number of amides is 1. The number of halogens is 1. The van der Waals surface area contributed by atoms with Gasteiger partial charge in [0.05, 0.1) is 18.2 Å². The molecule has 128 valence electrons. The SMILES string of the molecule is COC(=O)c1ccc(CNC(=O)c2c(Cl)n(C)c3ccccc23)cc1. The molecule has 0 atom stereocenters. The van der Waals surface area contributed by atoms with Crippen molar-refractivity contribution in [3.05, 3.63) is 70.4 Å². The smallest absolute Gasteiger partial charge is 0.337 e. The maximum absolute atomic E-state index is 12.6. The predicted molar refractivity (Wildman–Crippen MR) is 96.9 cm³/mol. The third-order valence-electron chi connectivity index (χ3n) is 4.09. The first-order valence-electron chi connectivity index (χ1n) is 7.71. The van der Waals surface area contributed by atoms with E-state index in [4.69, 9.17) is 11.6 Å². The zero-order valence-corrected chi connectivity index (χ0v) is 14.6. The Bertz CT molecular complexity index is 945. The molecule has 1 N–H and O–H groups in total. The highest BCUT2D eigenvalue weighted by Crippen LogP contribution is 2.28. The van der Waals surface area contributed by atoms with E-state index in [1.54, 1.807) is 28.8 Å². The fraction of sp³-hybridized carbons (Fsp3) is 0.158. The maximum Gasteiger partial charge on any atom is 0.337 e. The number of nitrogens with one attached hydrogen (secondary N) is 1. The lowest BCUT2D eigenvalue weighted by atomic mass is 10.1. The number of rotatable bonds is 4. The van der Waals surface area contributed by atoms with E-state index >= 15 is 0 Å². The van der Waals surface area contributed by atoms with Gasteiger partial charge in [0.25, 0.3) is 5.91 Å². The number of aromatic nitrogens is 1. The molecule has 25 heavy (non-hydrogen) atoms. The highest BCUT2D eigenvalue weighted by Gasteiger charge is 2.19. The summed E-state index contributed by atoms with van der Waals surface area (Å²) in [6, 6.07) is 14.5. The number of aryl methyl sites for hydroxylation is 1. The van der Waals surface area contributed by atoms with Crippen molar-refractivity contribution in [3.8, 4) is 0 Å². The number of para-hydroxylation sites is 1. The van der Waals surface area contributed by atoms with E-state index in [-0.39, 0.29) is 5.91 Å². The van der Waals surface area contributed by atoms with Gasteiger partial charge < -0.3 is 14.6 Å². The topological polar surface area (TPSA) is 60.3 Å². The predicted octanol–water partition coefficient (Wildman–Crippen LogP) is 3.55. The molecule has 1 aromatic heterocycles. The van der Waals surface area contributed by atoms with Gasteiger partial charge in [-0.15, -0.1) is 0 Å². The van der Waals surface area contributed by atoms with Gasteiger partial charge in [0.15, 0.2) is 0 Å². The van der Waals surface area contributed by atoms with Crippen molar-refractivity contribution in [2.75, 3.05) is 7.11 Å². The average Bonchev–Trinajstić information content (AvgIpc) is 2.90. The third-order valence-corrected chi connectivity index (χ3v) is 4.53. The van der Waals surface area contributed by atoms with Crippen molar-refractivity contribution in [2.24, 2.45) is 7.05 Å². The molecule has 0 aliphatic carbocycles. The van der Waals surface area contributed by atoms with Crippen molar-refractivity contribution < 1.29 is 14.3 Å². The van der Waals surface area contributed by atoms with Gasteiger partial charge in [0.2, 0.25) is 0 Å². The van der Waals surface area contributed by atoms with E-state index in [1.165, 1.54) is 7.11 Å². The van der Waals surface area contributed by atoms with Gasteiger partial charge in [-0.3, -0.25) is 4.79 Å². The van der Waals surface area contributed by atoms with Gasteiger partial charge in [0, 0.05) is 24.5 Å². The second-order valence-corrected chi connectivity index (χ2v) is 5.97. The monoisotopic (exact) mass is 356 g/mol. The van der Waals surface area contributed by atoms with Crippen LogP contribution in [0.25, 0.3) is 10.9 Å². The van der Waals surface area contributed by atoms with Gasteiger partial charge >= 0.3 is 5.97 Å². The maximum atomic E-state index is 12.6. The number of esters is 1. The Morgan fingerprint density at radius 2 is 1.80 bits per heavy atom. The Kier molecular flexibility index (Phi) is 4.76. The Morgan fingerprint density at radius 1 is 1.12 bits per heavy atom. The van der Waals surface area contributed by atoms with Crippen molar-refractivity contribution in [1.82, 2.24) is 9.88 Å². The summed E-state index contributed by atoms with van der Waals surface area (Å²) in [5, 5.41) is 4.09. The molecule has 0 bridgehead atoms. The second-order valence-electron chi connectivity index (χ2n) is 5.61. The Hall–Kier alpha value is -2.79. The number of benzene rings is 2. The summed E-state index contributed by atoms with van der Waals surface area (Å²) in [5.74, 6) is -0.628. The lowest BCUT2D eigenvalue weighted by molar-refractivity contribution is 0.0600. The average molecular weight is 357 g/mol. The lowest BCUT2D eigenvalue weighted by Gasteiger charge is -2.06. The summed E-state index contributed by atoms with van der Waals surface area (Å²) in [7, 11) is 3.16. The summed E-state index contributed by atoms with van der Waals surface area (Å²) >= 11 is 6.34. The van der Waals surface area contributed by atoms with E-state index < -0.39 is 5.97 Å². The van der Waals surface area contributed by atoms with Gasteiger partial charge in [0.1, 0.15) is 5.15 Å². The molecule has 3 aromatic rings. The molecule has 0 saturated heterocycles. The summed E-state index contributed by atoms with van der Waals surface area (Å²) in [5.41, 5.74) is 2.71. The molecular weight excluding hydrogens is 340 g/mol. The van der Waals surface area contributed by atoms with Crippen LogP contribution >= 0.6 is 11.6 Å². The number of nitrogens with zero attached hydrogens (tertiary/aromatic N) is 1. The number of hydrogen-bond acceptors (Lipinski definition) is 3. The van der Waals surface area contributed by atoms with Crippen molar-refractivity contribution in [1.29, 1.82) is 0 Å². The Morgan fingerprint density at radius 3 is 2.48 bits per heavy atom. The normalized spacial score (nSPS) is 10.7. The van der Waals surface area contributed by atoms with Crippen molar-refractivity contribution in [3.63, 3.8) is 0 Å². The minimum Gasteiger partial charge on any atom is -0.465 e. The summed E-state index contributed by atoms with van der Waals surface area (Å²) in [6.45, 7) is 0.333. The zero-order chi connectivity index (χ0) is 18.0. The van der Waals surface area contributed by atoms with Crippen LogP contribution in [0.15, 0.2) is 48.5 Å². The molecule has 0 saturated carbocycles. The van der Waals surface area contributed by atoms with Gasteiger partial charge in [-0.05, 0) is 23.8 Å². The molecule has 2 aromatic carbocycles. The first-order valence-corrected chi connectivity index (χ1v) is 8.09. The fourth-order valence-corrected chi connectivity index (χ4v) is 3.00. The van der Waals surface area contributed by atoms with E-state index in [1.807, 2.05) is 31.3 Å². The number of carbonyl (C=O) groups excluding carboxylic acids is 2. The van der Waals surface area contributed by atoms with Crippen molar-refractivity contribution >= 4 is 34.4 Å². The highest BCUT2D eigenvalue weighted by molar-refractivity contribution is 6.35. The van der Waals surface area contributed by atoms with E-state index in [9.17, 15) is 9.59 Å². The molecule has 1 amide bonds. The van der Waals surface area contributed by atoms with Crippen LogP contribution in [0.5, 0.6) is 0 Å². The number of ether oxygens (including phenoxy) is 1. The van der Waals surface area contributed by atoms with Crippen LogP contribution in [0, 0.1) is 0 Å². The number of fused-ring (bicyclic) bond motifs is 1. The second kappa shape index (κ2) is 6.99. The molecular formula is C19H17ClN2O3. The molecule has 0 fully saturated rings. The molecule has 0 radical (unpaired) electrons. The summed E-state index contributed by atoms with van der Waals surface area (Å²) in [4.78, 5) is 24.0. The fourth-order valence-electron chi connectivity index (χ4n) is 2.73. The molecule has 0 spiro atoms. The van der Waals surface area contributed by atoms with Crippen LogP contribution in [0.4, 0.5) is 0 Å². The van der Waals surface area contributed by atoms with Crippen LogP contribution in [-0.2, 0) is 18.3 Å². The third kappa shape index (κ3) is 3.23. The van der Waals surface area contributed by atoms with Crippen molar-refractivity contribution in [2.45, 2.75) is 6.54 Å². The van der Waals surface area contributed by atoms with Gasteiger partial charge in [-0.1, -0.05) is 41.9 Å². The largest absolute Gasteiger partial charge is 0.465 e. The number of carbonyl (C=O) groups is 2. The summed E-state index contributed by atoms with van der Waals surface area (Å²) < 4.78 is 6.45. The van der Waals surface area contributed by atoms with Gasteiger partial charge in [-0.25, -0.2) is 4.79 Å². The van der Waals surface area contributed by atoms with Crippen LogP contribution in [0.1, 0.15) is 26.3 Å². The van der Waals surface area contributed by atoms with Crippen LogP contribution in [0.3, 0.4) is 0 Å². The van der Waals surface area contributed by atoms with E-state index in [0.717, 1.165) is 16.5 Å². The lowest BCUT2D eigenvalue weighted by Crippen LogP contribution is -2.23. The molecule has 5 nitrogen and oxygen atoms in total. The number of hydrogen-bond donors (Lipinski definition) is 1. The highest BCUT2D eigenvalue weighted by atomic mass is 35.5. The van der Waals surface area contributed by atoms with Gasteiger partial charge in [-0.2, -0.15) is 0 Å². The Balaban J connectivity index is 1.77. The molecule has 0 aliphatic rings. The molecule has 1 heterocycles. The number of methoxy groups -OCH3 is 1. The first-order chi connectivity index (χ1) is 12.0. The zero-order valence-electron chi connectivity index (χ0n) is 13.9. The minimum absolute atomic E-state index is 0.237. The molecule has 0 unspecified atom stereocenters. The molecule has 3 rings (SSSR count). The van der Waals surface area contributed by atoms with E-state index in [0.29, 0.717) is 22.8 Å². The minimum atomic E-state index is -0.391. The van der Waals surface area contributed by atoms with Crippen LogP contribution in [-0.4, -0.2) is 23.6 Å². The standard InChI is InChI=1S/C19H17ClN2O3/c1-22-15-6-4-3-5-14(15)16(17(22)20)18(23)21-11-12-7-9-13(10-8-12)19(24)25-2/h3-10H,11H2,1-2H3,(H,21,23). The first kappa shape index (κ1) is 17.0. The van der Waals surface area contributed by atoms with Crippen LogP contribution < -0.4 is 5.32 Å². The Labute approximate surface area is 150 Å². The quantitative estimate of drug-likeness (QED) is 0.727. The molecule has 6 heteroatoms. The molecule has 0 aliphatic heterocycles. The van der Waals surface area contributed by atoms with Crippen LogP contribution in [0.2, 0.25) is 5.15 Å².